The van der Waals surface area contributed by atoms with E-state index in [0.717, 1.165) is 17.5 Å². The Kier molecular flexibility index (Phi) is 5.39. The third kappa shape index (κ3) is 4.17. The molecule has 1 N–H and O–H groups in total. The molecule has 0 bridgehead atoms. The molecule has 0 aliphatic rings. The zero-order valence-corrected chi connectivity index (χ0v) is 11.6. The molecule has 1 aromatic rings. The van der Waals surface area contributed by atoms with Gasteiger partial charge in [0.15, 0.2) is 0 Å². The second-order valence-electron chi connectivity index (χ2n) is 4.24. The van der Waals surface area contributed by atoms with Crippen LogP contribution in [0.4, 0.5) is 0 Å². The molecule has 3 nitrogen and oxygen atoms in total. The number of terminal acetylenes is 1. The number of unbranched alkanes of at least 4 members (excludes halogenated alkanes) is 1. The molecule has 0 radical (unpaired) electrons. The fraction of sp³-hybridized carbons (Fsp3) is 0.429. The number of benzene rings is 1. The predicted molar refractivity (Wildman–Crippen MR) is 74.6 cm³/mol. The van der Waals surface area contributed by atoms with Crippen LogP contribution in [0.5, 0.6) is 0 Å². The Balaban J connectivity index is 2.83. The van der Waals surface area contributed by atoms with Gasteiger partial charge in [-0.25, -0.2) is 13.1 Å². The molecule has 0 aromatic heterocycles. The monoisotopic (exact) mass is 265 g/mol. The van der Waals surface area contributed by atoms with Gasteiger partial charge < -0.3 is 0 Å². The normalized spacial score (nSPS) is 12.9. The highest BCUT2D eigenvalue weighted by Crippen LogP contribution is 2.17. The fourth-order valence-electron chi connectivity index (χ4n) is 1.73. The molecular formula is C14H19NO2S. The molecule has 1 aromatic carbocycles. The highest BCUT2D eigenvalue weighted by atomic mass is 32.2. The van der Waals surface area contributed by atoms with Crippen molar-refractivity contribution >= 4 is 10.0 Å². The van der Waals surface area contributed by atoms with Gasteiger partial charge in [-0.15, -0.1) is 6.42 Å². The van der Waals surface area contributed by atoms with Gasteiger partial charge in [-0.05, 0) is 25.0 Å². The van der Waals surface area contributed by atoms with Gasteiger partial charge in [0.2, 0.25) is 10.0 Å². The minimum atomic E-state index is -3.23. The van der Waals surface area contributed by atoms with Gasteiger partial charge in [0.25, 0.3) is 0 Å². The number of rotatable bonds is 6. The van der Waals surface area contributed by atoms with E-state index in [4.69, 9.17) is 6.42 Å². The van der Waals surface area contributed by atoms with E-state index in [2.05, 4.69) is 10.6 Å². The van der Waals surface area contributed by atoms with E-state index in [-0.39, 0.29) is 11.8 Å². The van der Waals surface area contributed by atoms with Gasteiger partial charge in [0, 0.05) is 11.6 Å². The molecule has 0 amide bonds. The van der Waals surface area contributed by atoms with Crippen LogP contribution in [0.2, 0.25) is 0 Å². The Morgan fingerprint density at radius 1 is 1.39 bits per heavy atom. The number of hydrogen-bond acceptors (Lipinski definition) is 2. The minimum absolute atomic E-state index is 0.159. The van der Waals surface area contributed by atoms with Gasteiger partial charge in [-0.2, -0.15) is 0 Å². The summed E-state index contributed by atoms with van der Waals surface area (Å²) < 4.78 is 26.3. The molecule has 0 saturated heterocycles. The summed E-state index contributed by atoms with van der Waals surface area (Å²) in [7, 11) is -3.23. The summed E-state index contributed by atoms with van der Waals surface area (Å²) in [5.41, 5.74) is 1.56. The topological polar surface area (TPSA) is 46.2 Å². The lowest BCUT2D eigenvalue weighted by Crippen LogP contribution is -2.29. The second-order valence-corrected chi connectivity index (χ2v) is 6.12. The van der Waals surface area contributed by atoms with E-state index in [1.165, 1.54) is 0 Å². The highest BCUT2D eigenvalue weighted by Gasteiger charge is 2.16. The average molecular weight is 265 g/mol. The van der Waals surface area contributed by atoms with E-state index in [1.807, 2.05) is 31.2 Å². The summed E-state index contributed by atoms with van der Waals surface area (Å²) in [6.07, 6.45) is 6.93. The maximum absolute atomic E-state index is 11.8. The van der Waals surface area contributed by atoms with Crippen LogP contribution < -0.4 is 4.72 Å². The summed E-state index contributed by atoms with van der Waals surface area (Å²) in [5.74, 6) is 2.73. The zero-order chi connectivity index (χ0) is 13.6. The summed E-state index contributed by atoms with van der Waals surface area (Å²) in [6, 6.07) is 7.05. The molecule has 0 spiro atoms. The molecule has 0 aliphatic carbocycles. The van der Waals surface area contributed by atoms with Crippen LogP contribution in [0.15, 0.2) is 24.3 Å². The first kappa shape index (κ1) is 14.7. The molecule has 0 unspecified atom stereocenters. The summed E-state index contributed by atoms with van der Waals surface area (Å²) in [6.45, 7) is 3.77. The molecule has 18 heavy (non-hydrogen) atoms. The first-order valence-electron chi connectivity index (χ1n) is 6.05. The Morgan fingerprint density at radius 2 is 2.06 bits per heavy atom. The first-order valence-corrected chi connectivity index (χ1v) is 7.71. The van der Waals surface area contributed by atoms with Crippen molar-refractivity contribution in [3.05, 3.63) is 35.4 Å². The van der Waals surface area contributed by atoms with Gasteiger partial charge in [0.1, 0.15) is 0 Å². The van der Waals surface area contributed by atoms with Crippen molar-refractivity contribution in [3.63, 3.8) is 0 Å². The molecular weight excluding hydrogens is 246 g/mol. The quantitative estimate of drug-likeness (QED) is 0.803. The van der Waals surface area contributed by atoms with E-state index < -0.39 is 10.0 Å². The average Bonchev–Trinajstić information content (AvgIpc) is 2.35. The lowest BCUT2D eigenvalue weighted by Gasteiger charge is -2.16. The van der Waals surface area contributed by atoms with Gasteiger partial charge >= 0.3 is 0 Å². The molecule has 0 heterocycles. The van der Waals surface area contributed by atoms with E-state index in [9.17, 15) is 8.42 Å². The van der Waals surface area contributed by atoms with E-state index in [0.29, 0.717) is 6.42 Å². The van der Waals surface area contributed by atoms with Crippen molar-refractivity contribution < 1.29 is 8.42 Å². The van der Waals surface area contributed by atoms with Crippen molar-refractivity contribution in [3.8, 4) is 12.3 Å². The van der Waals surface area contributed by atoms with Gasteiger partial charge in [0.05, 0.1) is 5.75 Å². The van der Waals surface area contributed by atoms with E-state index >= 15 is 0 Å². The van der Waals surface area contributed by atoms with Crippen LogP contribution in [-0.4, -0.2) is 14.2 Å². The third-order valence-electron chi connectivity index (χ3n) is 2.71. The fourth-order valence-corrected chi connectivity index (χ4v) is 3.18. The van der Waals surface area contributed by atoms with Crippen molar-refractivity contribution in [1.29, 1.82) is 0 Å². The number of nitrogens with one attached hydrogen (secondary N) is 1. The van der Waals surface area contributed by atoms with Crippen LogP contribution in [0, 0.1) is 12.3 Å². The Labute approximate surface area is 110 Å². The largest absolute Gasteiger partial charge is 0.212 e. The maximum Gasteiger partial charge on any atom is 0.212 e. The highest BCUT2D eigenvalue weighted by molar-refractivity contribution is 7.89. The van der Waals surface area contributed by atoms with Crippen LogP contribution in [0.3, 0.4) is 0 Å². The van der Waals surface area contributed by atoms with Crippen LogP contribution in [-0.2, 0) is 10.0 Å². The molecule has 98 valence electrons. The third-order valence-corrected chi connectivity index (χ3v) is 4.24. The Bertz CT molecular complexity index is 529. The molecule has 4 heteroatoms. The smallest absolute Gasteiger partial charge is 0.212 e. The Hall–Kier alpha value is -1.31. The van der Waals surface area contributed by atoms with Crippen molar-refractivity contribution in [1.82, 2.24) is 4.72 Å². The summed E-state index contributed by atoms with van der Waals surface area (Å²) in [4.78, 5) is 0. The van der Waals surface area contributed by atoms with Crippen LogP contribution >= 0.6 is 0 Å². The molecule has 0 aliphatic heterocycles. The standard InChI is InChI=1S/C14H19NO2S/c1-4-6-11-18(16,17)15-12(3)14-10-8-7-9-13(14)5-2/h2,7-10,12,15H,4,6,11H2,1,3H3/t12-/m1/s1. The van der Waals surface area contributed by atoms with E-state index in [1.54, 1.807) is 6.92 Å². The zero-order valence-electron chi connectivity index (χ0n) is 10.8. The summed E-state index contributed by atoms with van der Waals surface area (Å²) in [5, 5.41) is 0. The predicted octanol–water partition coefficient (Wildman–Crippen LogP) is 2.45. The number of hydrogen-bond donors (Lipinski definition) is 1. The van der Waals surface area contributed by atoms with Crippen molar-refractivity contribution in [2.75, 3.05) is 5.75 Å². The lowest BCUT2D eigenvalue weighted by molar-refractivity contribution is 0.563. The number of sulfonamides is 1. The Morgan fingerprint density at radius 3 is 2.67 bits per heavy atom. The van der Waals surface area contributed by atoms with Crippen molar-refractivity contribution in [2.24, 2.45) is 0 Å². The van der Waals surface area contributed by atoms with Gasteiger partial charge in [-0.3, -0.25) is 0 Å². The second kappa shape index (κ2) is 6.58. The molecule has 1 atom stereocenters. The first-order chi connectivity index (χ1) is 8.50. The van der Waals surface area contributed by atoms with Crippen LogP contribution in [0.1, 0.15) is 43.9 Å². The van der Waals surface area contributed by atoms with Gasteiger partial charge in [-0.1, -0.05) is 37.5 Å². The van der Waals surface area contributed by atoms with Crippen molar-refractivity contribution in [2.45, 2.75) is 32.7 Å². The molecule has 0 fully saturated rings. The molecule has 0 saturated carbocycles. The summed E-state index contributed by atoms with van der Waals surface area (Å²) >= 11 is 0. The maximum atomic E-state index is 11.8. The lowest BCUT2D eigenvalue weighted by atomic mass is 10.0. The van der Waals surface area contributed by atoms with Crippen LogP contribution in [0.25, 0.3) is 0 Å². The minimum Gasteiger partial charge on any atom is -0.212 e. The SMILES string of the molecule is C#Cc1ccccc1[C@@H](C)NS(=O)(=O)CCCC. The molecule has 1 rings (SSSR count).